The highest BCUT2D eigenvalue weighted by Crippen LogP contribution is 2.44. The third-order valence-corrected chi connectivity index (χ3v) is 6.99. The molecule has 0 aromatic heterocycles. The molecule has 2 aromatic carbocycles. The van der Waals surface area contributed by atoms with Gasteiger partial charge in [0, 0.05) is 5.92 Å². The largest absolute Gasteiger partial charge is 0.491 e. The van der Waals surface area contributed by atoms with Crippen LogP contribution in [0.15, 0.2) is 42.5 Å². The topological polar surface area (TPSA) is 128 Å². The fraction of sp³-hybridized carbons (Fsp3) is 0.467. The van der Waals surface area contributed by atoms with Crippen LogP contribution < -0.4 is 4.74 Å². The second-order valence-electron chi connectivity index (χ2n) is 10.1. The standard InChI is InChI=1S/C26H33NO.C4H6O6/c1-4-15-27-16-13-22(14-17-27)26-24-8-6-5-7-20(24)9-10-21-11-12-23(18-25(21)26)28-19(2)3;5-1(3(7)8)2(6)4(9)10/h5-12,18-19,22,26H,4,13-17H2,1-3H3;1-2,5-6H,(H,7,8)(H,9,10). The first-order valence-electron chi connectivity index (χ1n) is 13.2. The highest BCUT2D eigenvalue weighted by Gasteiger charge is 2.32. The average Bonchev–Trinajstić information content (AvgIpc) is 3.05. The Morgan fingerprint density at radius 3 is 2.05 bits per heavy atom. The molecule has 1 saturated heterocycles. The lowest BCUT2D eigenvalue weighted by molar-refractivity contribution is -0.165. The van der Waals surface area contributed by atoms with Crippen LogP contribution in [0.1, 0.15) is 68.2 Å². The summed E-state index contributed by atoms with van der Waals surface area (Å²) in [7, 11) is 0. The van der Waals surface area contributed by atoms with Crippen LogP contribution >= 0.6 is 0 Å². The zero-order valence-corrected chi connectivity index (χ0v) is 22.3. The molecule has 206 valence electrons. The van der Waals surface area contributed by atoms with Gasteiger partial charge in [-0.3, -0.25) is 0 Å². The Balaban J connectivity index is 0.000000342. The molecule has 1 aliphatic carbocycles. The third kappa shape index (κ3) is 7.43. The van der Waals surface area contributed by atoms with Gasteiger partial charge in [0.1, 0.15) is 5.75 Å². The van der Waals surface area contributed by atoms with Gasteiger partial charge < -0.3 is 30.1 Å². The molecular weight excluding hydrogens is 486 g/mol. The summed E-state index contributed by atoms with van der Waals surface area (Å²) in [5, 5.41) is 32.5. The lowest BCUT2D eigenvalue weighted by atomic mass is 9.74. The molecule has 3 unspecified atom stereocenters. The number of piperidine rings is 1. The number of benzene rings is 2. The normalized spacial score (nSPS) is 18.8. The third-order valence-electron chi connectivity index (χ3n) is 6.99. The minimum Gasteiger partial charge on any atom is -0.491 e. The van der Waals surface area contributed by atoms with Gasteiger partial charge in [-0.15, -0.1) is 0 Å². The van der Waals surface area contributed by atoms with Crippen LogP contribution in [0, 0.1) is 5.92 Å². The summed E-state index contributed by atoms with van der Waals surface area (Å²) < 4.78 is 6.06. The summed E-state index contributed by atoms with van der Waals surface area (Å²) in [6.07, 6.45) is 4.04. The minimum atomic E-state index is -2.27. The maximum absolute atomic E-state index is 9.77. The Morgan fingerprint density at radius 2 is 1.50 bits per heavy atom. The molecule has 4 N–H and O–H groups in total. The van der Waals surface area contributed by atoms with Crippen molar-refractivity contribution >= 4 is 24.1 Å². The van der Waals surface area contributed by atoms with Gasteiger partial charge in [-0.1, -0.05) is 49.4 Å². The van der Waals surface area contributed by atoms with E-state index < -0.39 is 24.1 Å². The number of aliphatic hydroxyl groups is 2. The van der Waals surface area contributed by atoms with Crippen molar-refractivity contribution in [3.63, 3.8) is 0 Å². The van der Waals surface area contributed by atoms with Gasteiger partial charge in [-0.2, -0.15) is 0 Å². The van der Waals surface area contributed by atoms with E-state index in [1.165, 1.54) is 61.2 Å². The van der Waals surface area contributed by atoms with Crippen molar-refractivity contribution in [3.8, 4) is 5.75 Å². The van der Waals surface area contributed by atoms with E-state index in [2.05, 4.69) is 80.3 Å². The molecule has 0 spiro atoms. The highest BCUT2D eigenvalue weighted by atomic mass is 16.5. The summed E-state index contributed by atoms with van der Waals surface area (Å²) >= 11 is 0. The fourth-order valence-electron chi connectivity index (χ4n) is 5.22. The van der Waals surface area contributed by atoms with Crippen molar-refractivity contribution < 1.29 is 34.8 Å². The number of aliphatic carboxylic acids is 2. The number of nitrogens with zero attached hydrogens (tertiary/aromatic N) is 1. The molecule has 1 heterocycles. The molecule has 3 atom stereocenters. The molecule has 0 bridgehead atoms. The van der Waals surface area contributed by atoms with E-state index in [9.17, 15) is 9.59 Å². The van der Waals surface area contributed by atoms with Gasteiger partial charge in [-0.05, 0) is 93.0 Å². The van der Waals surface area contributed by atoms with Gasteiger partial charge in [0.05, 0.1) is 6.10 Å². The van der Waals surface area contributed by atoms with Crippen molar-refractivity contribution in [1.29, 1.82) is 0 Å². The minimum absolute atomic E-state index is 0.197. The quantitative estimate of drug-likeness (QED) is 0.406. The summed E-state index contributed by atoms with van der Waals surface area (Å²) in [6, 6.07) is 15.6. The van der Waals surface area contributed by atoms with Crippen LogP contribution in [0.4, 0.5) is 0 Å². The lowest BCUT2D eigenvalue weighted by Crippen LogP contribution is -2.39. The van der Waals surface area contributed by atoms with E-state index in [0.717, 1.165) is 5.75 Å². The molecule has 2 aliphatic rings. The smallest absolute Gasteiger partial charge is 0.335 e. The van der Waals surface area contributed by atoms with Crippen molar-refractivity contribution in [1.82, 2.24) is 4.90 Å². The van der Waals surface area contributed by atoms with Gasteiger partial charge in [0.2, 0.25) is 0 Å². The monoisotopic (exact) mass is 525 g/mol. The lowest BCUT2D eigenvalue weighted by Gasteiger charge is -2.37. The number of ether oxygens (including phenoxy) is 1. The van der Waals surface area contributed by atoms with E-state index in [0.29, 0.717) is 11.8 Å². The van der Waals surface area contributed by atoms with Crippen LogP contribution in [0.5, 0.6) is 5.75 Å². The van der Waals surface area contributed by atoms with Crippen LogP contribution in [-0.2, 0) is 9.59 Å². The Hall–Kier alpha value is -3.20. The number of hydrogen-bond acceptors (Lipinski definition) is 6. The Bertz CT molecular complexity index is 1100. The van der Waals surface area contributed by atoms with Crippen LogP contribution in [-0.4, -0.2) is 75.2 Å². The van der Waals surface area contributed by atoms with Gasteiger partial charge in [0.15, 0.2) is 12.2 Å². The maximum atomic E-state index is 9.77. The van der Waals surface area contributed by atoms with E-state index in [-0.39, 0.29) is 6.10 Å². The Morgan fingerprint density at radius 1 is 0.921 bits per heavy atom. The summed E-state index contributed by atoms with van der Waals surface area (Å²) in [5.41, 5.74) is 5.63. The second-order valence-corrected chi connectivity index (χ2v) is 10.1. The molecule has 0 amide bonds. The van der Waals surface area contributed by atoms with E-state index in [1.807, 2.05) is 0 Å². The first-order valence-corrected chi connectivity index (χ1v) is 13.2. The fourth-order valence-corrected chi connectivity index (χ4v) is 5.22. The number of carboxylic acids is 2. The number of likely N-dealkylation sites (tertiary alicyclic amines) is 1. The molecule has 8 nitrogen and oxygen atoms in total. The van der Waals surface area contributed by atoms with Crippen molar-refractivity contribution in [2.75, 3.05) is 19.6 Å². The number of carbonyl (C=O) groups is 2. The first-order chi connectivity index (χ1) is 18.1. The predicted octanol–water partition coefficient (Wildman–Crippen LogP) is 4.09. The Labute approximate surface area is 224 Å². The molecule has 1 fully saturated rings. The van der Waals surface area contributed by atoms with Crippen molar-refractivity contribution in [2.45, 2.75) is 64.3 Å². The number of fused-ring (bicyclic) bond motifs is 2. The van der Waals surface area contributed by atoms with E-state index in [1.54, 1.807) is 0 Å². The zero-order chi connectivity index (χ0) is 27.8. The van der Waals surface area contributed by atoms with E-state index >= 15 is 0 Å². The number of rotatable bonds is 8. The molecule has 38 heavy (non-hydrogen) atoms. The summed E-state index contributed by atoms with van der Waals surface area (Å²) in [6.45, 7) is 10.2. The highest BCUT2D eigenvalue weighted by molar-refractivity contribution is 5.83. The molecule has 2 aromatic rings. The zero-order valence-electron chi connectivity index (χ0n) is 22.3. The van der Waals surface area contributed by atoms with Gasteiger partial charge in [0.25, 0.3) is 0 Å². The molecular formula is C30H39NO7. The number of hydrogen-bond donors (Lipinski definition) is 4. The molecule has 0 saturated carbocycles. The van der Waals surface area contributed by atoms with Crippen LogP contribution in [0.3, 0.4) is 0 Å². The van der Waals surface area contributed by atoms with Crippen LogP contribution in [0.2, 0.25) is 0 Å². The van der Waals surface area contributed by atoms with Gasteiger partial charge in [-0.25, -0.2) is 9.59 Å². The molecule has 1 aliphatic heterocycles. The summed E-state index contributed by atoms with van der Waals surface area (Å²) in [5.74, 6) is -1.41. The second kappa shape index (κ2) is 13.6. The first kappa shape index (κ1) is 29.4. The summed E-state index contributed by atoms with van der Waals surface area (Å²) in [4.78, 5) is 22.2. The molecule has 0 radical (unpaired) electrons. The number of carboxylic acid groups (broad SMARTS) is 2. The average molecular weight is 526 g/mol. The molecule has 8 heteroatoms. The SMILES string of the molecule is CCCN1CCC(C2c3ccccc3C=Cc3ccc(OC(C)C)cc32)CC1.O=C(O)C(O)C(O)C(=O)O. The van der Waals surface area contributed by atoms with Crippen molar-refractivity contribution in [2.24, 2.45) is 5.92 Å². The Kier molecular flexibility index (Phi) is 10.5. The van der Waals surface area contributed by atoms with Crippen LogP contribution in [0.25, 0.3) is 12.2 Å². The van der Waals surface area contributed by atoms with E-state index in [4.69, 9.17) is 25.2 Å². The number of aliphatic hydroxyl groups excluding tert-OH is 2. The van der Waals surface area contributed by atoms with Crippen molar-refractivity contribution in [3.05, 3.63) is 64.7 Å². The predicted molar refractivity (Wildman–Crippen MR) is 146 cm³/mol. The van der Waals surface area contributed by atoms with Gasteiger partial charge >= 0.3 is 11.9 Å². The maximum Gasteiger partial charge on any atom is 0.335 e. The molecule has 4 rings (SSSR count).